The Labute approximate surface area is 293 Å². The van der Waals surface area contributed by atoms with E-state index in [0.717, 1.165) is 76.6 Å². The molecule has 264 valence electrons. The summed E-state index contributed by atoms with van der Waals surface area (Å²) in [5.74, 6) is -0.0617. The van der Waals surface area contributed by atoms with Crippen LogP contribution in [-0.2, 0) is 22.4 Å². The van der Waals surface area contributed by atoms with Gasteiger partial charge in [-0.2, -0.15) is 0 Å². The number of likely N-dealkylation sites (N-methyl/N-ethyl adjacent to an activating group) is 1. The molecule has 2 saturated heterocycles. The molecule has 2 aromatic heterocycles. The van der Waals surface area contributed by atoms with Gasteiger partial charge in [-0.05, 0) is 87.2 Å². The number of benzene rings is 2. The molecule has 5 N–H and O–H groups in total. The number of aromatic amines is 2. The smallest absolute Gasteiger partial charge is 0.316 e. The van der Waals surface area contributed by atoms with Gasteiger partial charge in [0.25, 0.3) is 0 Å². The molecule has 0 radical (unpaired) electrons. The summed E-state index contributed by atoms with van der Waals surface area (Å²) in [6.45, 7) is 8.49. The van der Waals surface area contributed by atoms with Crippen LogP contribution in [0.4, 0.5) is 0 Å². The summed E-state index contributed by atoms with van der Waals surface area (Å²) in [5.41, 5.74) is 7.44. The summed E-state index contributed by atoms with van der Waals surface area (Å²) in [7, 11) is 3.47. The van der Waals surface area contributed by atoms with E-state index < -0.39 is 11.4 Å². The molecule has 2 bridgehead atoms. The number of allylic oxidation sites excluding steroid dienone is 1. The Morgan fingerprint density at radius 3 is 2.64 bits per heavy atom. The zero-order valence-electron chi connectivity index (χ0n) is 29.4. The van der Waals surface area contributed by atoms with Gasteiger partial charge < -0.3 is 30.0 Å². The Morgan fingerprint density at radius 2 is 1.90 bits per heavy atom. The molecule has 8 rings (SSSR count). The van der Waals surface area contributed by atoms with Crippen LogP contribution in [0.15, 0.2) is 60.7 Å². The second-order valence-corrected chi connectivity index (χ2v) is 15.2. The van der Waals surface area contributed by atoms with Gasteiger partial charge in [0.15, 0.2) is 0 Å². The highest BCUT2D eigenvalue weighted by atomic mass is 16.5. The lowest BCUT2D eigenvalue weighted by Gasteiger charge is -2.53. The molecule has 1 aliphatic carbocycles. The van der Waals surface area contributed by atoms with Crippen molar-refractivity contribution in [2.24, 2.45) is 23.2 Å². The fourth-order valence-electron chi connectivity index (χ4n) is 10.8. The number of esters is 1. The SMILES string of the molecule is C=C[C@H]1CN2CCc3c([nH]c4ccc(O)c([C@H]5C[C@@H]6/C(=C\C)CN(C)[C@@H](Cc7c5[nH]c5ccccc75)[C@@]6(CO)C(=O)OC)c34)[C@@H]2C[C@@H]1CCO. The number of carbonyl (C=O) groups excluding carboxylic acids is 1. The van der Waals surface area contributed by atoms with E-state index >= 15 is 0 Å². The Hall–Kier alpha value is -3.89. The molecule has 2 fully saturated rings. The van der Waals surface area contributed by atoms with Gasteiger partial charge in [-0.25, -0.2) is 0 Å². The van der Waals surface area contributed by atoms with Crippen molar-refractivity contribution in [3.8, 4) is 5.75 Å². The molecule has 0 amide bonds. The van der Waals surface area contributed by atoms with E-state index in [1.165, 1.54) is 18.4 Å². The molecule has 0 saturated carbocycles. The number of rotatable bonds is 6. The highest BCUT2D eigenvalue weighted by Crippen LogP contribution is 2.55. The van der Waals surface area contributed by atoms with Gasteiger partial charge in [0.2, 0.25) is 0 Å². The molecule has 50 heavy (non-hydrogen) atoms. The van der Waals surface area contributed by atoms with Gasteiger partial charge in [0, 0.05) is 82.9 Å². The van der Waals surface area contributed by atoms with Crippen LogP contribution in [-0.4, -0.2) is 94.1 Å². The molecule has 9 nitrogen and oxygen atoms in total. The number of nitrogens with zero attached hydrogens (tertiary/aromatic N) is 2. The number of nitrogens with one attached hydrogen (secondary N) is 2. The van der Waals surface area contributed by atoms with Crippen LogP contribution in [0.1, 0.15) is 66.2 Å². The molecule has 2 aromatic carbocycles. The lowest BCUT2D eigenvalue weighted by Crippen LogP contribution is -2.63. The molecule has 4 aromatic rings. The van der Waals surface area contributed by atoms with Crippen molar-refractivity contribution in [3.63, 3.8) is 0 Å². The summed E-state index contributed by atoms with van der Waals surface area (Å²) in [6.07, 6.45) is 7.77. The largest absolute Gasteiger partial charge is 0.508 e. The van der Waals surface area contributed by atoms with Gasteiger partial charge in [0.05, 0.1) is 19.8 Å². The highest BCUT2D eigenvalue weighted by Gasteiger charge is 2.59. The van der Waals surface area contributed by atoms with Crippen LogP contribution in [0.2, 0.25) is 0 Å². The standard InChI is InChI=1S/C41H50N4O5/c1-5-23-21-45-15-13-27-36-32(43-39(27)33(45)17-25(23)14-16-46)11-12-34(48)37(36)29-18-30-24(6-2)20-44(3)35(41(30,22-47)40(49)50-4)19-28-26-9-7-8-10-31(26)42-38(28)29/h5-12,23,25,29-30,33,35,42-43,46-48H,1,13-22H2,2-4H3/b24-6-/t23-,25-,29+,30+,33-,35-,41-/m0/s1. The molecule has 9 heteroatoms. The number of aromatic nitrogens is 2. The minimum Gasteiger partial charge on any atom is -0.508 e. The third-order valence-electron chi connectivity index (χ3n) is 13.2. The maximum Gasteiger partial charge on any atom is 0.316 e. The van der Waals surface area contributed by atoms with E-state index in [4.69, 9.17) is 4.74 Å². The van der Waals surface area contributed by atoms with Crippen molar-refractivity contribution in [1.29, 1.82) is 0 Å². The summed E-state index contributed by atoms with van der Waals surface area (Å²) < 4.78 is 5.56. The molecular formula is C41H50N4O5. The number of para-hydroxylation sites is 1. The van der Waals surface area contributed by atoms with Crippen molar-refractivity contribution in [3.05, 3.63) is 88.8 Å². The van der Waals surface area contributed by atoms with Crippen LogP contribution in [0.25, 0.3) is 21.8 Å². The number of H-pyrrole nitrogens is 2. The predicted molar refractivity (Wildman–Crippen MR) is 195 cm³/mol. The Bertz CT molecular complexity index is 1990. The van der Waals surface area contributed by atoms with Crippen LogP contribution in [0.3, 0.4) is 0 Å². The van der Waals surface area contributed by atoms with Crippen LogP contribution in [0, 0.1) is 23.2 Å². The number of aliphatic hydroxyl groups is 2. The first kappa shape index (κ1) is 33.3. The third kappa shape index (κ3) is 4.77. The van der Waals surface area contributed by atoms with E-state index in [2.05, 4.69) is 50.6 Å². The number of ether oxygens (including phenoxy) is 1. The van der Waals surface area contributed by atoms with E-state index in [1.807, 2.05) is 38.2 Å². The first-order valence-corrected chi connectivity index (χ1v) is 18.3. The number of phenolic OH excluding ortho intramolecular Hbond substituents is 1. The molecule has 7 atom stereocenters. The van der Waals surface area contributed by atoms with E-state index in [9.17, 15) is 20.1 Å². The van der Waals surface area contributed by atoms with Crippen molar-refractivity contribution in [2.45, 2.75) is 57.0 Å². The molecule has 0 spiro atoms. The van der Waals surface area contributed by atoms with Crippen molar-refractivity contribution >= 4 is 27.8 Å². The summed E-state index contributed by atoms with van der Waals surface area (Å²) in [6, 6.07) is 12.0. The highest BCUT2D eigenvalue weighted by molar-refractivity contribution is 5.93. The molecule has 0 unspecified atom stereocenters. The van der Waals surface area contributed by atoms with E-state index in [0.29, 0.717) is 31.2 Å². The second-order valence-electron chi connectivity index (χ2n) is 15.2. The number of fused-ring (bicyclic) bond motifs is 10. The van der Waals surface area contributed by atoms with Crippen LogP contribution < -0.4 is 0 Å². The Balaban J connectivity index is 1.36. The molecule has 5 heterocycles. The quantitative estimate of drug-likeness (QED) is 0.134. The number of hydrogen-bond acceptors (Lipinski definition) is 7. The summed E-state index contributed by atoms with van der Waals surface area (Å²) >= 11 is 0. The van der Waals surface area contributed by atoms with Crippen molar-refractivity contribution in [1.82, 2.24) is 19.8 Å². The number of aliphatic hydroxyl groups excluding tert-OH is 2. The van der Waals surface area contributed by atoms with E-state index in [-0.39, 0.29) is 42.9 Å². The first-order valence-electron chi connectivity index (χ1n) is 18.3. The fraction of sp³-hybridized carbons (Fsp3) is 0.488. The summed E-state index contributed by atoms with van der Waals surface area (Å²) in [5, 5.41) is 35.5. The zero-order valence-corrected chi connectivity index (χ0v) is 29.4. The Kier molecular flexibility index (Phi) is 8.45. The topological polar surface area (TPSA) is 125 Å². The number of hydrogen-bond donors (Lipinski definition) is 5. The lowest BCUT2D eigenvalue weighted by atomic mass is 9.58. The van der Waals surface area contributed by atoms with Gasteiger partial charge in [0.1, 0.15) is 11.2 Å². The Morgan fingerprint density at radius 1 is 1.10 bits per heavy atom. The van der Waals surface area contributed by atoms with Crippen LogP contribution in [0.5, 0.6) is 5.75 Å². The molecule has 3 aliphatic heterocycles. The fourth-order valence-corrected chi connectivity index (χ4v) is 10.8. The van der Waals surface area contributed by atoms with Crippen molar-refractivity contribution in [2.75, 3.05) is 47.0 Å². The molecule has 4 aliphatic rings. The predicted octanol–water partition coefficient (Wildman–Crippen LogP) is 5.56. The number of carbonyl (C=O) groups is 1. The third-order valence-corrected chi connectivity index (χ3v) is 13.2. The van der Waals surface area contributed by atoms with Gasteiger partial charge in [-0.1, -0.05) is 35.9 Å². The lowest BCUT2D eigenvalue weighted by molar-refractivity contribution is -0.169. The average molecular weight is 679 g/mol. The number of aromatic hydroxyl groups is 1. The zero-order chi connectivity index (χ0) is 34.9. The minimum atomic E-state index is -1.19. The maximum absolute atomic E-state index is 14.1. The van der Waals surface area contributed by atoms with E-state index in [1.54, 1.807) is 0 Å². The minimum absolute atomic E-state index is 0.167. The number of piperidine rings is 2. The van der Waals surface area contributed by atoms with Gasteiger partial charge in [-0.15, -0.1) is 6.58 Å². The number of likely N-dealkylation sites (tertiary alicyclic amines) is 1. The number of phenols is 1. The van der Waals surface area contributed by atoms with Crippen LogP contribution >= 0.6 is 0 Å². The first-order chi connectivity index (χ1) is 24.3. The average Bonchev–Trinajstić information content (AvgIpc) is 3.69. The van der Waals surface area contributed by atoms with Crippen molar-refractivity contribution < 1.29 is 24.9 Å². The molecular weight excluding hydrogens is 628 g/mol. The normalized spacial score (nSPS) is 30.8. The summed E-state index contributed by atoms with van der Waals surface area (Å²) in [4.78, 5) is 26.5. The number of methoxy groups -OCH3 is 1. The van der Waals surface area contributed by atoms with Gasteiger partial charge in [-0.3, -0.25) is 14.6 Å². The second kappa shape index (κ2) is 12.7. The maximum atomic E-state index is 14.1. The monoisotopic (exact) mass is 678 g/mol. The van der Waals surface area contributed by atoms with Gasteiger partial charge >= 0.3 is 5.97 Å².